The Kier molecular flexibility index (Phi) is 13.3. The Morgan fingerprint density at radius 2 is 1.73 bits per heavy atom. The van der Waals surface area contributed by atoms with E-state index in [1.165, 1.54) is 70.6 Å². The van der Waals surface area contributed by atoms with Gasteiger partial charge in [-0.15, -0.1) is 0 Å². The van der Waals surface area contributed by atoms with Crippen LogP contribution in [0.4, 0.5) is 0 Å². The molecule has 0 heterocycles. The Morgan fingerprint density at radius 1 is 1.05 bits per heavy atom. The van der Waals surface area contributed by atoms with E-state index in [4.69, 9.17) is 4.74 Å². The molecule has 0 N–H and O–H groups in total. The fourth-order valence-electron chi connectivity index (χ4n) is 3.10. The second-order valence-electron chi connectivity index (χ2n) is 6.59. The van der Waals surface area contributed by atoms with Gasteiger partial charge in [0.2, 0.25) is 0 Å². The van der Waals surface area contributed by atoms with E-state index in [0.717, 1.165) is 31.5 Å². The topological polar surface area (TPSA) is 26.3 Å². The van der Waals surface area contributed by atoms with Crippen molar-refractivity contribution in [3.63, 3.8) is 0 Å². The van der Waals surface area contributed by atoms with Crippen molar-refractivity contribution in [3.8, 4) is 0 Å². The van der Waals surface area contributed by atoms with Crippen molar-refractivity contribution in [1.29, 1.82) is 0 Å². The fraction of sp³-hybridized carbons (Fsp3) is 0.947. The summed E-state index contributed by atoms with van der Waals surface area (Å²) in [6, 6.07) is 0. The van der Waals surface area contributed by atoms with E-state index in [1.54, 1.807) is 0 Å². The number of carbonyl (C=O) groups is 1. The second-order valence-corrected chi connectivity index (χ2v) is 7.93. The molecule has 0 spiro atoms. The van der Waals surface area contributed by atoms with Crippen LogP contribution in [0.3, 0.4) is 0 Å². The lowest BCUT2D eigenvalue weighted by Gasteiger charge is -2.21. The highest BCUT2D eigenvalue weighted by Gasteiger charge is 2.12. The van der Waals surface area contributed by atoms with Gasteiger partial charge in [0.25, 0.3) is 0 Å². The van der Waals surface area contributed by atoms with Gasteiger partial charge < -0.3 is 9.53 Å². The minimum Gasteiger partial charge on any atom is -0.378 e. The number of aldehydes is 1. The first-order valence-corrected chi connectivity index (χ1v) is 10.6. The Balaban J connectivity index is 1.81. The number of hydrogen-bond acceptors (Lipinski definition) is 3. The first kappa shape index (κ1) is 20.0. The smallest absolute Gasteiger partial charge is 0.132 e. The normalized spacial score (nSPS) is 17.5. The van der Waals surface area contributed by atoms with Crippen molar-refractivity contribution in [1.82, 2.24) is 0 Å². The Hall–Kier alpha value is -0.0200. The summed E-state index contributed by atoms with van der Waals surface area (Å²) < 4.78 is 5.95. The molecule has 1 rings (SSSR count). The molecule has 1 aliphatic carbocycles. The molecule has 1 fully saturated rings. The highest BCUT2D eigenvalue weighted by molar-refractivity contribution is 8.00. The molecule has 0 amide bonds. The number of unbranched alkanes of at least 4 members (excludes halogenated alkanes) is 5. The maximum Gasteiger partial charge on any atom is 0.132 e. The zero-order valence-electron chi connectivity index (χ0n) is 14.6. The summed E-state index contributed by atoms with van der Waals surface area (Å²) in [4.78, 5) is 10.9. The molecule has 0 radical (unpaired) electrons. The molecule has 0 saturated heterocycles. The first-order chi connectivity index (χ1) is 10.9. The summed E-state index contributed by atoms with van der Waals surface area (Å²) in [5, 5.41) is 0.240. The molecule has 1 aliphatic rings. The highest BCUT2D eigenvalue weighted by Crippen LogP contribution is 2.21. The number of rotatable bonds is 14. The van der Waals surface area contributed by atoms with Crippen LogP contribution in [0, 0.1) is 0 Å². The minimum atomic E-state index is 0.240. The van der Waals surface area contributed by atoms with E-state index in [1.807, 2.05) is 11.8 Å². The first-order valence-electron chi connectivity index (χ1n) is 9.55. The fourth-order valence-corrected chi connectivity index (χ4v) is 4.05. The van der Waals surface area contributed by atoms with Gasteiger partial charge in [-0.05, 0) is 37.9 Å². The summed E-state index contributed by atoms with van der Waals surface area (Å²) >= 11 is 1.83. The van der Waals surface area contributed by atoms with E-state index in [2.05, 4.69) is 6.92 Å². The van der Waals surface area contributed by atoms with E-state index in [9.17, 15) is 4.79 Å². The van der Waals surface area contributed by atoms with Crippen LogP contribution in [0.5, 0.6) is 0 Å². The molecule has 3 heteroatoms. The van der Waals surface area contributed by atoms with E-state index in [0.29, 0.717) is 6.10 Å². The van der Waals surface area contributed by atoms with Crippen molar-refractivity contribution in [2.24, 2.45) is 0 Å². The predicted molar refractivity (Wildman–Crippen MR) is 97.7 cm³/mol. The Bertz CT molecular complexity index is 252. The van der Waals surface area contributed by atoms with Gasteiger partial charge in [-0.1, -0.05) is 58.3 Å². The van der Waals surface area contributed by atoms with E-state index in [-0.39, 0.29) is 5.25 Å². The van der Waals surface area contributed by atoms with Crippen LogP contribution in [0.15, 0.2) is 0 Å². The van der Waals surface area contributed by atoms with Gasteiger partial charge in [-0.25, -0.2) is 0 Å². The van der Waals surface area contributed by atoms with Crippen LogP contribution in [0.25, 0.3) is 0 Å². The molecule has 22 heavy (non-hydrogen) atoms. The zero-order chi connectivity index (χ0) is 15.9. The monoisotopic (exact) mass is 328 g/mol. The second kappa shape index (κ2) is 14.6. The molecule has 0 aromatic carbocycles. The minimum absolute atomic E-state index is 0.240. The van der Waals surface area contributed by atoms with Gasteiger partial charge in [0.05, 0.1) is 11.4 Å². The average Bonchev–Trinajstić information content (AvgIpc) is 2.57. The van der Waals surface area contributed by atoms with Crippen LogP contribution in [-0.4, -0.2) is 30.0 Å². The van der Waals surface area contributed by atoms with Crippen LogP contribution < -0.4 is 0 Å². The quantitative estimate of drug-likeness (QED) is 0.299. The summed E-state index contributed by atoms with van der Waals surface area (Å²) in [7, 11) is 0. The molecule has 0 aromatic heterocycles. The largest absolute Gasteiger partial charge is 0.378 e. The number of hydrogen-bond donors (Lipinski definition) is 0. The summed E-state index contributed by atoms with van der Waals surface area (Å²) in [6.07, 6.45) is 18.3. The summed E-state index contributed by atoms with van der Waals surface area (Å²) in [6.45, 7) is 3.14. The van der Waals surface area contributed by atoms with Crippen LogP contribution in [0.2, 0.25) is 0 Å². The molecule has 0 aliphatic heterocycles. The van der Waals surface area contributed by atoms with Crippen molar-refractivity contribution in [2.45, 2.75) is 102 Å². The number of ether oxygens (including phenoxy) is 1. The van der Waals surface area contributed by atoms with Crippen molar-refractivity contribution in [2.75, 3.05) is 12.4 Å². The molecule has 1 saturated carbocycles. The van der Waals surface area contributed by atoms with Crippen LogP contribution in [-0.2, 0) is 9.53 Å². The lowest BCUT2D eigenvalue weighted by atomic mass is 9.98. The molecule has 130 valence electrons. The van der Waals surface area contributed by atoms with Gasteiger partial charge in [-0.3, -0.25) is 0 Å². The molecule has 0 bridgehead atoms. The molecule has 2 nitrogen and oxygen atoms in total. The third-order valence-corrected chi connectivity index (χ3v) is 5.90. The highest BCUT2D eigenvalue weighted by atomic mass is 32.2. The molecule has 1 unspecified atom stereocenters. The standard InChI is InChI=1S/C19H36O2S/c1-2-16-22-19(17-20)14-10-5-3-4-6-11-15-21-18-12-8-7-9-13-18/h17-19H,2-16H2,1H3. The molecular weight excluding hydrogens is 292 g/mol. The van der Waals surface area contributed by atoms with E-state index < -0.39 is 0 Å². The van der Waals surface area contributed by atoms with Gasteiger partial charge in [0.15, 0.2) is 0 Å². The van der Waals surface area contributed by atoms with Crippen molar-refractivity contribution < 1.29 is 9.53 Å². The molecule has 0 aromatic rings. The SMILES string of the molecule is CCCSC(C=O)CCCCCCCCOC1CCCCC1. The van der Waals surface area contributed by atoms with E-state index >= 15 is 0 Å². The summed E-state index contributed by atoms with van der Waals surface area (Å²) in [5.41, 5.74) is 0. The lowest BCUT2D eigenvalue weighted by molar-refractivity contribution is -0.107. The lowest BCUT2D eigenvalue weighted by Crippen LogP contribution is -2.17. The molecular formula is C19H36O2S. The van der Waals surface area contributed by atoms with Gasteiger partial charge >= 0.3 is 0 Å². The predicted octanol–water partition coefficient (Wildman–Crippen LogP) is 5.78. The molecule has 1 atom stereocenters. The Morgan fingerprint density at radius 3 is 2.41 bits per heavy atom. The van der Waals surface area contributed by atoms with Gasteiger partial charge in [0.1, 0.15) is 6.29 Å². The maximum absolute atomic E-state index is 10.9. The Labute approximate surface area is 142 Å². The van der Waals surface area contributed by atoms with Crippen LogP contribution in [0.1, 0.15) is 90.4 Å². The van der Waals surface area contributed by atoms with Crippen molar-refractivity contribution in [3.05, 3.63) is 0 Å². The van der Waals surface area contributed by atoms with Crippen molar-refractivity contribution >= 4 is 18.0 Å². The van der Waals surface area contributed by atoms with Crippen LogP contribution >= 0.6 is 11.8 Å². The van der Waals surface area contributed by atoms with Gasteiger partial charge in [0, 0.05) is 6.61 Å². The number of thioether (sulfide) groups is 1. The third-order valence-electron chi connectivity index (χ3n) is 4.48. The average molecular weight is 329 g/mol. The van der Waals surface area contributed by atoms with Gasteiger partial charge in [-0.2, -0.15) is 11.8 Å². The maximum atomic E-state index is 10.9. The zero-order valence-corrected chi connectivity index (χ0v) is 15.4. The number of carbonyl (C=O) groups excluding carboxylic acids is 1. The summed E-state index contributed by atoms with van der Waals surface area (Å²) in [5.74, 6) is 1.12. The third kappa shape index (κ3) is 10.7.